The zero-order chi connectivity index (χ0) is 17.0. The summed E-state index contributed by atoms with van der Waals surface area (Å²) in [7, 11) is 1.73. The van der Waals surface area contributed by atoms with E-state index >= 15 is 0 Å². The Morgan fingerprint density at radius 2 is 2.09 bits per heavy atom. The molecule has 0 spiro atoms. The van der Waals surface area contributed by atoms with Gasteiger partial charge < -0.3 is 14.6 Å². The molecule has 0 fully saturated rings. The van der Waals surface area contributed by atoms with Crippen molar-refractivity contribution in [2.45, 2.75) is 26.1 Å². The van der Waals surface area contributed by atoms with Crippen molar-refractivity contribution < 1.29 is 17.9 Å². The van der Waals surface area contributed by atoms with Gasteiger partial charge in [0.05, 0.1) is 30.6 Å². The van der Waals surface area contributed by atoms with Crippen molar-refractivity contribution in [3.05, 3.63) is 40.9 Å². The number of hydrogen-bond acceptors (Lipinski definition) is 3. The molecule has 8 heteroatoms. The van der Waals surface area contributed by atoms with E-state index in [1.54, 1.807) is 11.6 Å². The van der Waals surface area contributed by atoms with E-state index in [1.165, 1.54) is 12.3 Å². The van der Waals surface area contributed by atoms with Gasteiger partial charge in [-0.05, 0) is 24.6 Å². The van der Waals surface area contributed by atoms with E-state index < -0.39 is 11.7 Å². The standard InChI is InChI=1S/C15H17ClF3N3O/c1-3-6-23-12-5-4-10(15(17,18)19)7-11(12)20-9-14-21-8-13(16)22(14)2/h4-5,7-8,20H,3,6,9H2,1-2H3. The molecule has 0 amide bonds. The van der Waals surface area contributed by atoms with Crippen molar-refractivity contribution >= 4 is 17.3 Å². The summed E-state index contributed by atoms with van der Waals surface area (Å²) in [6.07, 6.45) is -2.17. The molecular formula is C15H17ClF3N3O. The lowest BCUT2D eigenvalue weighted by molar-refractivity contribution is -0.137. The molecule has 1 N–H and O–H groups in total. The zero-order valence-electron chi connectivity index (χ0n) is 12.7. The molecule has 0 aliphatic carbocycles. The van der Waals surface area contributed by atoms with Gasteiger partial charge in [0.2, 0.25) is 0 Å². The minimum Gasteiger partial charge on any atom is -0.491 e. The third-order valence-corrected chi connectivity index (χ3v) is 3.58. The van der Waals surface area contributed by atoms with Gasteiger partial charge in [-0.3, -0.25) is 0 Å². The molecule has 126 valence electrons. The third-order valence-electron chi connectivity index (χ3n) is 3.23. The van der Waals surface area contributed by atoms with Crippen LogP contribution in [0.25, 0.3) is 0 Å². The van der Waals surface area contributed by atoms with Crippen molar-refractivity contribution in [2.24, 2.45) is 7.05 Å². The van der Waals surface area contributed by atoms with Crippen LogP contribution in [0, 0.1) is 0 Å². The lowest BCUT2D eigenvalue weighted by Crippen LogP contribution is -2.10. The SMILES string of the molecule is CCCOc1ccc(C(F)(F)F)cc1NCc1ncc(Cl)n1C. The number of hydrogen-bond donors (Lipinski definition) is 1. The predicted octanol–water partition coefficient (Wildman–Crippen LogP) is 4.49. The molecule has 23 heavy (non-hydrogen) atoms. The Bertz CT molecular complexity index is 670. The molecule has 0 unspecified atom stereocenters. The summed E-state index contributed by atoms with van der Waals surface area (Å²) in [5, 5.41) is 3.39. The van der Waals surface area contributed by atoms with Gasteiger partial charge in [0.15, 0.2) is 0 Å². The Morgan fingerprint density at radius 1 is 1.35 bits per heavy atom. The molecular weight excluding hydrogens is 331 g/mol. The first-order valence-corrected chi connectivity index (χ1v) is 7.44. The van der Waals surface area contributed by atoms with Crippen molar-refractivity contribution in [2.75, 3.05) is 11.9 Å². The van der Waals surface area contributed by atoms with Crippen LogP contribution in [0.5, 0.6) is 5.75 Å². The van der Waals surface area contributed by atoms with Crippen LogP contribution in [-0.2, 0) is 19.8 Å². The maximum atomic E-state index is 12.9. The second-order valence-corrected chi connectivity index (χ2v) is 5.35. The van der Waals surface area contributed by atoms with E-state index in [0.29, 0.717) is 23.3 Å². The van der Waals surface area contributed by atoms with Crippen LogP contribution in [0.2, 0.25) is 5.15 Å². The van der Waals surface area contributed by atoms with Crippen LogP contribution in [0.1, 0.15) is 24.7 Å². The molecule has 1 aromatic carbocycles. The highest BCUT2D eigenvalue weighted by Gasteiger charge is 2.31. The van der Waals surface area contributed by atoms with E-state index in [2.05, 4.69) is 10.3 Å². The number of anilines is 1. The minimum atomic E-state index is -4.41. The molecule has 0 radical (unpaired) electrons. The molecule has 4 nitrogen and oxygen atoms in total. The van der Waals surface area contributed by atoms with Crippen molar-refractivity contribution in [1.82, 2.24) is 9.55 Å². The van der Waals surface area contributed by atoms with E-state index in [4.69, 9.17) is 16.3 Å². The summed E-state index contributed by atoms with van der Waals surface area (Å²) in [5.41, 5.74) is -0.464. The highest BCUT2D eigenvalue weighted by molar-refractivity contribution is 6.29. The molecule has 1 aromatic heterocycles. The number of benzene rings is 1. The average molecular weight is 348 g/mol. The van der Waals surface area contributed by atoms with Gasteiger partial charge in [-0.2, -0.15) is 13.2 Å². The van der Waals surface area contributed by atoms with Gasteiger partial charge in [-0.25, -0.2) is 4.98 Å². The van der Waals surface area contributed by atoms with E-state index in [9.17, 15) is 13.2 Å². The molecule has 2 rings (SSSR count). The number of imidazole rings is 1. The predicted molar refractivity (Wildman–Crippen MR) is 82.8 cm³/mol. The highest BCUT2D eigenvalue weighted by atomic mass is 35.5. The normalized spacial score (nSPS) is 11.6. The minimum absolute atomic E-state index is 0.229. The monoisotopic (exact) mass is 347 g/mol. The summed E-state index contributed by atoms with van der Waals surface area (Å²) in [5.74, 6) is 0.981. The summed E-state index contributed by atoms with van der Waals surface area (Å²) in [6.45, 7) is 2.58. The van der Waals surface area contributed by atoms with Gasteiger partial charge in [-0.1, -0.05) is 18.5 Å². The summed E-state index contributed by atoms with van der Waals surface area (Å²) >= 11 is 5.90. The third kappa shape index (κ3) is 4.31. The number of halogens is 4. The van der Waals surface area contributed by atoms with Crippen LogP contribution >= 0.6 is 11.6 Å². The van der Waals surface area contributed by atoms with Gasteiger partial charge in [-0.15, -0.1) is 0 Å². The van der Waals surface area contributed by atoms with Crippen molar-refractivity contribution in [3.8, 4) is 5.75 Å². The van der Waals surface area contributed by atoms with Crippen LogP contribution in [0.15, 0.2) is 24.4 Å². The lowest BCUT2D eigenvalue weighted by atomic mass is 10.1. The number of aromatic nitrogens is 2. The maximum absolute atomic E-state index is 12.9. The first-order valence-electron chi connectivity index (χ1n) is 7.07. The second-order valence-electron chi connectivity index (χ2n) is 4.97. The highest BCUT2D eigenvalue weighted by Crippen LogP contribution is 2.35. The van der Waals surface area contributed by atoms with E-state index in [0.717, 1.165) is 18.6 Å². The van der Waals surface area contributed by atoms with E-state index in [-0.39, 0.29) is 12.2 Å². The molecule has 0 saturated heterocycles. The van der Waals surface area contributed by atoms with Gasteiger partial charge >= 0.3 is 6.18 Å². The molecule has 2 aromatic rings. The Labute approximate surface area is 137 Å². The Kier molecular flexibility index (Phi) is 5.41. The topological polar surface area (TPSA) is 39.1 Å². The first-order chi connectivity index (χ1) is 10.8. The van der Waals surface area contributed by atoms with Crippen LogP contribution in [-0.4, -0.2) is 16.2 Å². The van der Waals surface area contributed by atoms with Crippen molar-refractivity contribution in [3.63, 3.8) is 0 Å². The number of nitrogens with one attached hydrogen (secondary N) is 1. The fourth-order valence-electron chi connectivity index (χ4n) is 1.95. The Morgan fingerprint density at radius 3 is 2.65 bits per heavy atom. The summed E-state index contributed by atoms with van der Waals surface area (Å²) in [6, 6.07) is 3.37. The second kappa shape index (κ2) is 7.12. The fraction of sp³-hybridized carbons (Fsp3) is 0.400. The van der Waals surface area contributed by atoms with Crippen LogP contribution in [0.4, 0.5) is 18.9 Å². The number of alkyl halides is 3. The number of ether oxygens (including phenoxy) is 1. The molecule has 0 atom stereocenters. The Balaban J connectivity index is 2.23. The molecule has 0 aliphatic heterocycles. The summed E-state index contributed by atoms with van der Waals surface area (Å²) in [4.78, 5) is 4.10. The van der Waals surface area contributed by atoms with Gasteiger partial charge in [0, 0.05) is 7.05 Å². The zero-order valence-corrected chi connectivity index (χ0v) is 13.5. The van der Waals surface area contributed by atoms with E-state index in [1.807, 2.05) is 6.92 Å². The summed E-state index contributed by atoms with van der Waals surface area (Å²) < 4.78 is 45.8. The lowest BCUT2D eigenvalue weighted by Gasteiger charge is -2.15. The average Bonchev–Trinajstić information content (AvgIpc) is 2.82. The molecule has 0 saturated carbocycles. The molecule has 1 heterocycles. The Hall–Kier alpha value is -1.89. The van der Waals surface area contributed by atoms with Gasteiger partial charge in [0.25, 0.3) is 0 Å². The smallest absolute Gasteiger partial charge is 0.416 e. The molecule has 0 aliphatic rings. The number of rotatable bonds is 6. The van der Waals surface area contributed by atoms with Gasteiger partial charge in [0.1, 0.15) is 16.7 Å². The maximum Gasteiger partial charge on any atom is 0.416 e. The number of nitrogens with zero attached hydrogens (tertiary/aromatic N) is 2. The fourth-order valence-corrected chi connectivity index (χ4v) is 2.09. The first kappa shape index (κ1) is 17.5. The molecule has 0 bridgehead atoms. The quantitative estimate of drug-likeness (QED) is 0.836. The largest absolute Gasteiger partial charge is 0.491 e. The van der Waals surface area contributed by atoms with Crippen molar-refractivity contribution in [1.29, 1.82) is 0 Å². The van der Waals surface area contributed by atoms with Crippen LogP contribution < -0.4 is 10.1 Å². The van der Waals surface area contributed by atoms with Crippen LogP contribution in [0.3, 0.4) is 0 Å².